The molecule has 0 radical (unpaired) electrons. The Morgan fingerprint density at radius 3 is 2.50 bits per heavy atom. The smallest absolute Gasteiger partial charge is 0.308 e. The van der Waals surface area contributed by atoms with Crippen molar-refractivity contribution in [3.8, 4) is 17.6 Å². The van der Waals surface area contributed by atoms with Crippen LogP contribution >= 0.6 is 15.9 Å². The Labute approximate surface area is 159 Å². The van der Waals surface area contributed by atoms with E-state index in [1.165, 1.54) is 20.1 Å². The van der Waals surface area contributed by atoms with Crippen molar-refractivity contribution in [2.24, 2.45) is 0 Å². The number of methoxy groups -OCH3 is 1. The maximum Gasteiger partial charge on any atom is 0.308 e. The Bertz CT molecular complexity index is 902. The number of ether oxygens (including phenoxy) is 2. The molecule has 2 aromatic rings. The van der Waals surface area contributed by atoms with E-state index in [9.17, 15) is 14.9 Å². The number of benzene rings is 2. The number of halogens is 1. The zero-order valence-electron chi connectivity index (χ0n) is 14.1. The molecule has 1 amide bonds. The normalized spacial score (nSPS) is 10.6. The lowest BCUT2D eigenvalue weighted by molar-refractivity contribution is -0.132. The molecule has 0 atom stereocenters. The number of para-hydroxylation sites is 1. The van der Waals surface area contributed by atoms with Crippen LogP contribution in [0, 0.1) is 11.3 Å². The van der Waals surface area contributed by atoms with E-state index in [2.05, 4.69) is 21.2 Å². The van der Waals surface area contributed by atoms with Gasteiger partial charge in [-0.05, 0) is 51.8 Å². The van der Waals surface area contributed by atoms with Crippen LogP contribution in [0.15, 0.2) is 52.5 Å². The average Bonchev–Trinajstić information content (AvgIpc) is 2.62. The number of anilines is 1. The summed E-state index contributed by atoms with van der Waals surface area (Å²) >= 11 is 3.30. The van der Waals surface area contributed by atoms with E-state index in [1.807, 2.05) is 12.1 Å². The second kappa shape index (κ2) is 8.83. The molecule has 0 aliphatic heterocycles. The fourth-order valence-electron chi connectivity index (χ4n) is 2.10. The van der Waals surface area contributed by atoms with Crippen molar-refractivity contribution in [2.45, 2.75) is 6.92 Å². The van der Waals surface area contributed by atoms with Crippen molar-refractivity contribution >= 4 is 39.6 Å². The molecule has 0 saturated heterocycles. The third-order valence-electron chi connectivity index (χ3n) is 3.21. The maximum atomic E-state index is 12.3. The summed E-state index contributed by atoms with van der Waals surface area (Å²) in [6, 6.07) is 13.9. The molecule has 0 spiro atoms. The van der Waals surface area contributed by atoms with Gasteiger partial charge in [0, 0.05) is 12.6 Å². The summed E-state index contributed by atoms with van der Waals surface area (Å²) in [5.41, 5.74) is 1.04. The van der Waals surface area contributed by atoms with Crippen LogP contribution in [0.25, 0.3) is 6.08 Å². The summed E-state index contributed by atoms with van der Waals surface area (Å²) in [7, 11) is 1.43. The molecule has 132 valence electrons. The third kappa shape index (κ3) is 4.94. The number of amides is 1. The first kappa shape index (κ1) is 19.2. The fourth-order valence-corrected chi connectivity index (χ4v) is 2.64. The molecule has 1 N–H and O–H groups in total. The zero-order chi connectivity index (χ0) is 19.1. The van der Waals surface area contributed by atoms with E-state index in [0.717, 1.165) is 0 Å². The molecule has 7 heteroatoms. The summed E-state index contributed by atoms with van der Waals surface area (Å²) in [4.78, 5) is 23.5. The minimum absolute atomic E-state index is 0.0805. The van der Waals surface area contributed by atoms with Gasteiger partial charge in [0.2, 0.25) is 0 Å². The van der Waals surface area contributed by atoms with Gasteiger partial charge < -0.3 is 14.8 Å². The molecular weight excluding hydrogens is 400 g/mol. The van der Waals surface area contributed by atoms with Gasteiger partial charge in [0.25, 0.3) is 5.91 Å². The van der Waals surface area contributed by atoms with Crippen LogP contribution in [0.1, 0.15) is 12.5 Å². The molecule has 0 heterocycles. The van der Waals surface area contributed by atoms with E-state index in [-0.39, 0.29) is 11.3 Å². The number of carbonyl (C=O) groups is 2. The van der Waals surface area contributed by atoms with E-state index in [0.29, 0.717) is 21.5 Å². The van der Waals surface area contributed by atoms with Crippen molar-refractivity contribution in [2.75, 3.05) is 12.4 Å². The number of nitriles is 1. The van der Waals surface area contributed by atoms with Crippen LogP contribution in [-0.2, 0) is 9.59 Å². The average molecular weight is 415 g/mol. The van der Waals surface area contributed by atoms with Crippen molar-refractivity contribution in [1.29, 1.82) is 5.26 Å². The zero-order valence-corrected chi connectivity index (χ0v) is 15.7. The Balaban J connectivity index is 2.33. The first-order valence-electron chi connectivity index (χ1n) is 7.48. The number of nitrogens with one attached hydrogen (secondary N) is 1. The Morgan fingerprint density at radius 2 is 1.92 bits per heavy atom. The summed E-state index contributed by atoms with van der Waals surface area (Å²) in [6.07, 6.45) is 1.42. The highest BCUT2D eigenvalue weighted by molar-refractivity contribution is 9.10. The first-order chi connectivity index (χ1) is 12.4. The number of esters is 1. The van der Waals surface area contributed by atoms with Crippen LogP contribution in [0.2, 0.25) is 0 Å². The number of hydrogen-bond acceptors (Lipinski definition) is 5. The first-order valence-corrected chi connectivity index (χ1v) is 8.28. The van der Waals surface area contributed by atoms with Crippen molar-refractivity contribution < 1.29 is 19.1 Å². The molecule has 0 fully saturated rings. The summed E-state index contributed by atoms with van der Waals surface area (Å²) in [5.74, 6) is -0.504. The molecule has 2 aromatic carbocycles. The molecule has 0 aromatic heterocycles. The summed E-state index contributed by atoms with van der Waals surface area (Å²) < 4.78 is 10.8. The predicted molar refractivity (Wildman–Crippen MR) is 101 cm³/mol. The molecule has 0 aliphatic rings. The Morgan fingerprint density at radius 1 is 1.23 bits per heavy atom. The van der Waals surface area contributed by atoms with E-state index in [1.54, 1.807) is 36.4 Å². The van der Waals surface area contributed by atoms with Crippen LogP contribution in [0.5, 0.6) is 11.5 Å². The molecule has 0 saturated carbocycles. The van der Waals surface area contributed by atoms with Crippen molar-refractivity contribution in [3.63, 3.8) is 0 Å². The third-order valence-corrected chi connectivity index (χ3v) is 3.79. The standard InChI is InChI=1S/C19H15BrN2O4/c1-12(23)26-18-16(20)9-13(10-17(18)25-2)8-14(11-21)19(24)22-15-6-4-3-5-7-15/h3-10H,1-2H3,(H,22,24)/b14-8+. The highest BCUT2D eigenvalue weighted by Crippen LogP contribution is 2.37. The van der Waals surface area contributed by atoms with Gasteiger partial charge in [-0.2, -0.15) is 5.26 Å². The lowest BCUT2D eigenvalue weighted by Gasteiger charge is -2.11. The Kier molecular flexibility index (Phi) is 6.53. The highest BCUT2D eigenvalue weighted by Gasteiger charge is 2.15. The van der Waals surface area contributed by atoms with Gasteiger partial charge in [-0.3, -0.25) is 9.59 Å². The largest absolute Gasteiger partial charge is 0.493 e. The lowest BCUT2D eigenvalue weighted by atomic mass is 10.1. The Hall–Kier alpha value is -3.11. The number of hydrogen-bond donors (Lipinski definition) is 1. The summed E-state index contributed by atoms with van der Waals surface area (Å²) in [5, 5.41) is 12.0. The number of carbonyl (C=O) groups excluding carboxylic acids is 2. The molecule has 0 aliphatic carbocycles. The van der Waals surface area contributed by atoms with Crippen LogP contribution in [0.3, 0.4) is 0 Å². The topological polar surface area (TPSA) is 88.4 Å². The lowest BCUT2D eigenvalue weighted by Crippen LogP contribution is -2.13. The molecule has 6 nitrogen and oxygen atoms in total. The van der Waals surface area contributed by atoms with Gasteiger partial charge in [-0.25, -0.2) is 0 Å². The molecule has 0 unspecified atom stereocenters. The quantitative estimate of drug-likeness (QED) is 0.346. The SMILES string of the molecule is COc1cc(/C=C(\C#N)C(=O)Nc2ccccc2)cc(Br)c1OC(C)=O. The van der Waals surface area contributed by atoms with Gasteiger partial charge >= 0.3 is 5.97 Å². The van der Waals surface area contributed by atoms with E-state index >= 15 is 0 Å². The minimum Gasteiger partial charge on any atom is -0.493 e. The maximum absolute atomic E-state index is 12.3. The number of rotatable bonds is 5. The molecular formula is C19H15BrN2O4. The molecule has 0 bridgehead atoms. The fraction of sp³-hybridized carbons (Fsp3) is 0.105. The minimum atomic E-state index is -0.530. The van der Waals surface area contributed by atoms with Crippen molar-refractivity contribution in [1.82, 2.24) is 0 Å². The van der Waals surface area contributed by atoms with Gasteiger partial charge in [0.15, 0.2) is 11.5 Å². The van der Waals surface area contributed by atoms with Crippen LogP contribution in [0.4, 0.5) is 5.69 Å². The highest BCUT2D eigenvalue weighted by atomic mass is 79.9. The van der Waals surface area contributed by atoms with Crippen LogP contribution < -0.4 is 14.8 Å². The van der Waals surface area contributed by atoms with Gasteiger partial charge in [-0.1, -0.05) is 18.2 Å². The monoisotopic (exact) mass is 414 g/mol. The van der Waals surface area contributed by atoms with Gasteiger partial charge in [0.05, 0.1) is 11.6 Å². The number of nitrogens with zero attached hydrogens (tertiary/aromatic N) is 1. The van der Waals surface area contributed by atoms with Crippen LogP contribution in [-0.4, -0.2) is 19.0 Å². The summed E-state index contributed by atoms with van der Waals surface area (Å²) in [6.45, 7) is 1.28. The molecule has 2 rings (SSSR count). The van der Waals surface area contributed by atoms with Gasteiger partial charge in [0.1, 0.15) is 11.6 Å². The van der Waals surface area contributed by atoms with E-state index in [4.69, 9.17) is 9.47 Å². The molecule has 26 heavy (non-hydrogen) atoms. The predicted octanol–water partition coefficient (Wildman–Crippen LogP) is 3.93. The van der Waals surface area contributed by atoms with E-state index < -0.39 is 11.9 Å². The second-order valence-electron chi connectivity index (χ2n) is 5.12. The van der Waals surface area contributed by atoms with Crippen molar-refractivity contribution in [3.05, 3.63) is 58.1 Å². The second-order valence-corrected chi connectivity index (χ2v) is 5.97. The van der Waals surface area contributed by atoms with Gasteiger partial charge in [-0.15, -0.1) is 0 Å².